The molecule has 1 rings (SSSR count). The molecule has 1 unspecified atom stereocenters. The summed E-state index contributed by atoms with van der Waals surface area (Å²) in [5, 5.41) is 0. The molecule has 1 aliphatic rings. The normalized spacial score (nSPS) is 32.9. The largest absolute Gasteiger partial charge is 0.0914 e. The van der Waals surface area contributed by atoms with Crippen LogP contribution in [0.2, 0.25) is 0 Å². The highest BCUT2D eigenvalue weighted by Gasteiger charge is 2.28. The van der Waals surface area contributed by atoms with Gasteiger partial charge in [-0.2, -0.15) is 0 Å². The lowest BCUT2D eigenvalue weighted by atomic mass is 9.83. The zero-order valence-corrected chi connectivity index (χ0v) is 8.72. The van der Waals surface area contributed by atoms with Crippen LogP contribution in [-0.4, -0.2) is 0 Å². The van der Waals surface area contributed by atoms with Gasteiger partial charge >= 0.3 is 0 Å². The minimum atomic E-state index is 0.808. The highest BCUT2D eigenvalue weighted by molar-refractivity contribution is 4.91. The lowest BCUT2D eigenvalue weighted by Crippen LogP contribution is -2.14. The molecule has 0 amide bonds. The molecule has 0 saturated heterocycles. The second kappa shape index (κ2) is 4.69. The van der Waals surface area contributed by atoms with Crippen LogP contribution in [0.15, 0.2) is 12.2 Å². The van der Waals surface area contributed by atoms with Gasteiger partial charge in [-0.3, -0.25) is 0 Å². The third kappa shape index (κ3) is 2.12. The Bertz CT molecular complexity index is 146. The van der Waals surface area contributed by atoms with Gasteiger partial charge in [-0.1, -0.05) is 45.3 Å². The summed E-state index contributed by atoms with van der Waals surface area (Å²) in [5.41, 5.74) is 0. The highest BCUT2D eigenvalue weighted by atomic mass is 14.3. The average Bonchev–Trinajstić information content (AvgIpc) is 2.51. The van der Waals surface area contributed by atoms with Crippen LogP contribution in [0.25, 0.3) is 0 Å². The average molecular weight is 166 g/mol. The van der Waals surface area contributed by atoms with E-state index < -0.39 is 0 Å². The summed E-state index contributed by atoms with van der Waals surface area (Å²) in [6, 6.07) is 0. The third-order valence-corrected chi connectivity index (χ3v) is 3.41. The fourth-order valence-corrected chi connectivity index (χ4v) is 2.71. The van der Waals surface area contributed by atoms with Crippen LogP contribution >= 0.6 is 0 Å². The second-order valence-corrected chi connectivity index (χ2v) is 4.15. The molecule has 0 aliphatic heterocycles. The van der Waals surface area contributed by atoms with Gasteiger partial charge in [0.05, 0.1) is 0 Å². The van der Waals surface area contributed by atoms with Crippen LogP contribution in [-0.2, 0) is 0 Å². The van der Waals surface area contributed by atoms with Gasteiger partial charge in [0.15, 0.2) is 0 Å². The Morgan fingerprint density at radius 3 is 2.75 bits per heavy atom. The summed E-state index contributed by atoms with van der Waals surface area (Å²) in [5.74, 6) is 2.80. The quantitative estimate of drug-likeness (QED) is 0.555. The Balaban J connectivity index is 2.48. The Labute approximate surface area is 77.1 Å². The Morgan fingerprint density at radius 2 is 2.17 bits per heavy atom. The molecule has 12 heavy (non-hydrogen) atoms. The van der Waals surface area contributed by atoms with Crippen molar-refractivity contribution in [2.45, 2.75) is 46.5 Å². The summed E-state index contributed by atoms with van der Waals surface area (Å²) < 4.78 is 0. The molecule has 1 saturated carbocycles. The molecule has 1 aliphatic carbocycles. The summed E-state index contributed by atoms with van der Waals surface area (Å²) in [7, 11) is 0. The van der Waals surface area contributed by atoms with Crippen LogP contribution in [0, 0.1) is 17.8 Å². The van der Waals surface area contributed by atoms with E-state index in [4.69, 9.17) is 0 Å². The fourth-order valence-electron chi connectivity index (χ4n) is 2.71. The maximum Gasteiger partial charge on any atom is -0.0231 e. The molecule has 0 aromatic heterocycles. The molecule has 0 spiro atoms. The van der Waals surface area contributed by atoms with Crippen molar-refractivity contribution in [3.63, 3.8) is 0 Å². The predicted molar refractivity (Wildman–Crippen MR) is 55.1 cm³/mol. The van der Waals surface area contributed by atoms with E-state index in [2.05, 4.69) is 32.9 Å². The highest BCUT2D eigenvalue weighted by Crippen LogP contribution is 2.39. The lowest BCUT2D eigenvalue weighted by Gasteiger charge is -2.22. The molecule has 0 N–H and O–H groups in total. The fraction of sp³-hybridized carbons (Fsp3) is 0.833. The van der Waals surface area contributed by atoms with Crippen molar-refractivity contribution in [2.24, 2.45) is 17.8 Å². The van der Waals surface area contributed by atoms with E-state index in [0.29, 0.717) is 0 Å². The minimum Gasteiger partial charge on any atom is -0.0914 e. The zero-order chi connectivity index (χ0) is 8.97. The first kappa shape index (κ1) is 9.83. The van der Waals surface area contributed by atoms with Gasteiger partial charge in [-0.25, -0.2) is 0 Å². The molecule has 0 bridgehead atoms. The first-order valence-corrected chi connectivity index (χ1v) is 5.42. The molecule has 70 valence electrons. The number of hydrogen-bond acceptors (Lipinski definition) is 0. The van der Waals surface area contributed by atoms with E-state index in [1.165, 1.54) is 25.7 Å². The van der Waals surface area contributed by atoms with Gasteiger partial charge in [0, 0.05) is 0 Å². The van der Waals surface area contributed by atoms with Crippen molar-refractivity contribution in [2.75, 3.05) is 0 Å². The third-order valence-electron chi connectivity index (χ3n) is 3.41. The molecule has 0 aromatic rings. The maximum atomic E-state index is 2.37. The van der Waals surface area contributed by atoms with E-state index in [1.807, 2.05) is 0 Å². The van der Waals surface area contributed by atoms with Gasteiger partial charge in [-0.05, 0) is 31.1 Å². The SMILES string of the molecule is C/C=C\C(C)[C@@H]1CCC[C@@H]1CC. The maximum absolute atomic E-state index is 2.37. The lowest BCUT2D eigenvalue weighted by molar-refractivity contribution is 0.311. The number of rotatable bonds is 3. The van der Waals surface area contributed by atoms with Crippen LogP contribution in [0.3, 0.4) is 0 Å². The number of hydrogen-bond donors (Lipinski definition) is 0. The van der Waals surface area contributed by atoms with Gasteiger partial charge in [-0.15, -0.1) is 0 Å². The molecule has 0 heterocycles. The monoisotopic (exact) mass is 166 g/mol. The Morgan fingerprint density at radius 1 is 1.42 bits per heavy atom. The summed E-state index contributed by atoms with van der Waals surface area (Å²) >= 11 is 0. The molecule has 1 fully saturated rings. The van der Waals surface area contributed by atoms with Gasteiger partial charge < -0.3 is 0 Å². The minimum absolute atomic E-state index is 0.808. The van der Waals surface area contributed by atoms with Gasteiger partial charge in [0.2, 0.25) is 0 Å². The van der Waals surface area contributed by atoms with E-state index in [1.54, 1.807) is 0 Å². The van der Waals surface area contributed by atoms with Crippen molar-refractivity contribution in [1.82, 2.24) is 0 Å². The van der Waals surface area contributed by atoms with Crippen LogP contribution in [0.5, 0.6) is 0 Å². The van der Waals surface area contributed by atoms with Crippen LogP contribution in [0.4, 0.5) is 0 Å². The van der Waals surface area contributed by atoms with Gasteiger partial charge in [0.1, 0.15) is 0 Å². The van der Waals surface area contributed by atoms with Crippen molar-refractivity contribution in [3.8, 4) is 0 Å². The molecular weight excluding hydrogens is 144 g/mol. The predicted octanol–water partition coefficient (Wildman–Crippen LogP) is 4.02. The molecule has 0 nitrogen and oxygen atoms in total. The summed E-state index contributed by atoms with van der Waals surface area (Å²) in [6.07, 6.45) is 10.4. The van der Waals surface area contributed by atoms with E-state index in [-0.39, 0.29) is 0 Å². The second-order valence-electron chi connectivity index (χ2n) is 4.15. The first-order chi connectivity index (χ1) is 5.79. The molecule has 0 aromatic carbocycles. The van der Waals surface area contributed by atoms with Crippen LogP contribution in [0.1, 0.15) is 46.5 Å². The van der Waals surface area contributed by atoms with Gasteiger partial charge in [0.25, 0.3) is 0 Å². The zero-order valence-electron chi connectivity index (χ0n) is 8.72. The number of allylic oxidation sites excluding steroid dienone is 2. The summed E-state index contributed by atoms with van der Waals surface area (Å²) in [4.78, 5) is 0. The first-order valence-electron chi connectivity index (χ1n) is 5.42. The van der Waals surface area contributed by atoms with Crippen molar-refractivity contribution >= 4 is 0 Å². The molecule has 3 atom stereocenters. The van der Waals surface area contributed by atoms with Crippen LogP contribution < -0.4 is 0 Å². The molecular formula is C12H22. The standard InChI is InChI=1S/C12H22/c1-4-7-10(3)12-9-6-8-11(12)5-2/h4,7,10-12H,5-6,8-9H2,1-3H3/b7-4-/t10?,11-,12-/m0/s1. The Hall–Kier alpha value is -0.260. The topological polar surface area (TPSA) is 0 Å². The molecule has 0 heteroatoms. The molecule has 0 radical (unpaired) electrons. The summed E-state index contributed by atoms with van der Waals surface area (Å²) in [6.45, 7) is 6.84. The van der Waals surface area contributed by atoms with E-state index >= 15 is 0 Å². The van der Waals surface area contributed by atoms with Crippen molar-refractivity contribution in [1.29, 1.82) is 0 Å². The van der Waals surface area contributed by atoms with E-state index in [9.17, 15) is 0 Å². The van der Waals surface area contributed by atoms with E-state index in [0.717, 1.165) is 17.8 Å². The van der Waals surface area contributed by atoms with Crippen molar-refractivity contribution in [3.05, 3.63) is 12.2 Å². The Kier molecular flexibility index (Phi) is 3.84. The smallest absolute Gasteiger partial charge is 0.0231 e. The van der Waals surface area contributed by atoms with Crippen molar-refractivity contribution < 1.29 is 0 Å².